The van der Waals surface area contributed by atoms with Crippen LogP contribution in [0.15, 0.2) is 122 Å². The molecule has 0 saturated heterocycles. The van der Waals surface area contributed by atoms with Gasteiger partial charge in [0.05, 0.1) is 0 Å². The first kappa shape index (κ1) is 69.8. The quantitative estimate of drug-likeness (QED) is 0.0261. The smallest absolute Gasteiger partial charge is 0.306 e. The lowest BCUT2D eigenvalue weighted by Gasteiger charge is -2.18. The molecular formula is C68H112O6. The summed E-state index contributed by atoms with van der Waals surface area (Å²) in [6.07, 6.45) is 85.2. The maximum absolute atomic E-state index is 12.8. The molecule has 0 aliphatic carbocycles. The Morgan fingerprint density at radius 3 is 0.824 bits per heavy atom. The summed E-state index contributed by atoms with van der Waals surface area (Å²) >= 11 is 0. The Balaban J connectivity index is 4.14. The molecular weight excluding hydrogens is 913 g/mol. The van der Waals surface area contributed by atoms with Gasteiger partial charge in [0.2, 0.25) is 0 Å². The molecule has 6 heteroatoms. The Hall–Kier alpha value is -4.19. The molecule has 0 fully saturated rings. The van der Waals surface area contributed by atoms with Crippen LogP contribution in [0.1, 0.15) is 271 Å². The molecule has 1 atom stereocenters. The van der Waals surface area contributed by atoms with Crippen molar-refractivity contribution in [3.63, 3.8) is 0 Å². The number of esters is 3. The third-order valence-electron chi connectivity index (χ3n) is 12.7. The lowest BCUT2D eigenvalue weighted by Crippen LogP contribution is -2.30. The van der Waals surface area contributed by atoms with Crippen molar-refractivity contribution < 1.29 is 28.6 Å². The van der Waals surface area contributed by atoms with E-state index in [-0.39, 0.29) is 31.1 Å². The molecule has 0 saturated carbocycles. The van der Waals surface area contributed by atoms with Crippen molar-refractivity contribution in [3.8, 4) is 0 Å². The lowest BCUT2D eigenvalue weighted by molar-refractivity contribution is -0.167. The van der Waals surface area contributed by atoms with Gasteiger partial charge in [0, 0.05) is 19.3 Å². The summed E-state index contributed by atoms with van der Waals surface area (Å²) in [7, 11) is 0. The number of unbranched alkanes of at least 4 members (excludes halogenated alkanes) is 23. The van der Waals surface area contributed by atoms with Crippen LogP contribution in [0.5, 0.6) is 0 Å². The molecule has 0 spiro atoms. The van der Waals surface area contributed by atoms with Crippen molar-refractivity contribution in [1.29, 1.82) is 0 Å². The average molecular weight is 1030 g/mol. The Morgan fingerprint density at radius 1 is 0.284 bits per heavy atom. The molecule has 0 aromatic heterocycles. The predicted molar refractivity (Wildman–Crippen MR) is 320 cm³/mol. The van der Waals surface area contributed by atoms with Gasteiger partial charge in [0.15, 0.2) is 6.10 Å². The van der Waals surface area contributed by atoms with Crippen LogP contribution in [0.25, 0.3) is 0 Å². The van der Waals surface area contributed by atoms with Crippen LogP contribution in [-0.2, 0) is 28.6 Å². The summed E-state index contributed by atoms with van der Waals surface area (Å²) in [6.45, 7) is 6.34. The number of carbonyl (C=O) groups excluding carboxylic acids is 3. The summed E-state index contributed by atoms with van der Waals surface area (Å²) in [5, 5.41) is 0. The largest absolute Gasteiger partial charge is 0.462 e. The second kappa shape index (κ2) is 61.4. The molecule has 1 unspecified atom stereocenters. The van der Waals surface area contributed by atoms with Crippen LogP contribution in [-0.4, -0.2) is 37.2 Å². The molecule has 0 heterocycles. The van der Waals surface area contributed by atoms with Gasteiger partial charge in [-0.1, -0.05) is 264 Å². The van der Waals surface area contributed by atoms with E-state index >= 15 is 0 Å². The Labute approximate surface area is 456 Å². The topological polar surface area (TPSA) is 78.9 Å². The summed E-state index contributed by atoms with van der Waals surface area (Å²) in [5.41, 5.74) is 0. The highest BCUT2D eigenvalue weighted by Gasteiger charge is 2.19. The lowest BCUT2D eigenvalue weighted by atomic mass is 10.0. The number of hydrogen-bond acceptors (Lipinski definition) is 6. The minimum Gasteiger partial charge on any atom is -0.462 e. The molecule has 0 aromatic carbocycles. The number of rotatable bonds is 54. The molecule has 74 heavy (non-hydrogen) atoms. The molecule has 0 radical (unpaired) electrons. The minimum absolute atomic E-state index is 0.0874. The van der Waals surface area contributed by atoms with Crippen molar-refractivity contribution in [2.75, 3.05) is 13.2 Å². The summed E-state index contributed by atoms with van der Waals surface area (Å²) in [6, 6.07) is 0. The van der Waals surface area contributed by atoms with Crippen molar-refractivity contribution in [3.05, 3.63) is 122 Å². The summed E-state index contributed by atoms with van der Waals surface area (Å²) in [4.78, 5) is 38.0. The SMILES string of the molecule is CC/C=C\C/C=C\C/C=C\C/C=C\C/C=C\CCCCCCCCCCCCCCCC(=O)OCC(COC(=O)CCCCCCCC)OC(=O)CCCCCCC/C=C\C/C=C\C/C=C\C/C=C\C/C=C\CC. The van der Waals surface area contributed by atoms with Gasteiger partial charge in [-0.05, 0) is 109 Å². The van der Waals surface area contributed by atoms with Crippen LogP contribution < -0.4 is 0 Å². The van der Waals surface area contributed by atoms with Crippen molar-refractivity contribution >= 4 is 17.9 Å². The molecule has 0 aliphatic rings. The third kappa shape index (κ3) is 58.7. The first-order chi connectivity index (χ1) is 36.5. The van der Waals surface area contributed by atoms with Crippen LogP contribution in [0.4, 0.5) is 0 Å². The van der Waals surface area contributed by atoms with Gasteiger partial charge < -0.3 is 14.2 Å². The van der Waals surface area contributed by atoms with Gasteiger partial charge in [-0.2, -0.15) is 0 Å². The van der Waals surface area contributed by atoms with E-state index in [9.17, 15) is 14.4 Å². The molecule has 0 N–H and O–H groups in total. The fraction of sp³-hybridized carbons (Fsp3) is 0.662. The Morgan fingerprint density at radius 2 is 0.527 bits per heavy atom. The second-order valence-corrected chi connectivity index (χ2v) is 19.9. The van der Waals surface area contributed by atoms with E-state index in [1.54, 1.807) is 0 Å². The van der Waals surface area contributed by atoms with Gasteiger partial charge in [-0.3, -0.25) is 14.4 Å². The maximum Gasteiger partial charge on any atom is 0.306 e. The van der Waals surface area contributed by atoms with Crippen molar-refractivity contribution in [2.45, 2.75) is 277 Å². The highest BCUT2D eigenvalue weighted by Crippen LogP contribution is 2.15. The van der Waals surface area contributed by atoms with Crippen LogP contribution in [0, 0.1) is 0 Å². The van der Waals surface area contributed by atoms with E-state index in [1.165, 1.54) is 89.9 Å². The highest BCUT2D eigenvalue weighted by molar-refractivity contribution is 5.71. The van der Waals surface area contributed by atoms with E-state index < -0.39 is 6.10 Å². The first-order valence-electron chi connectivity index (χ1n) is 30.5. The van der Waals surface area contributed by atoms with Crippen molar-refractivity contribution in [1.82, 2.24) is 0 Å². The number of ether oxygens (including phenoxy) is 3. The van der Waals surface area contributed by atoms with Gasteiger partial charge in [-0.15, -0.1) is 0 Å². The van der Waals surface area contributed by atoms with Crippen molar-refractivity contribution in [2.24, 2.45) is 0 Å². The van der Waals surface area contributed by atoms with Gasteiger partial charge in [-0.25, -0.2) is 0 Å². The fourth-order valence-electron chi connectivity index (χ4n) is 8.20. The highest BCUT2D eigenvalue weighted by atomic mass is 16.6. The minimum atomic E-state index is -0.788. The van der Waals surface area contributed by atoms with Crippen LogP contribution in [0.2, 0.25) is 0 Å². The zero-order valence-corrected chi connectivity index (χ0v) is 48.1. The number of carbonyl (C=O) groups is 3. The van der Waals surface area contributed by atoms with E-state index in [4.69, 9.17) is 14.2 Å². The molecule has 0 aromatic rings. The predicted octanol–water partition coefficient (Wildman–Crippen LogP) is 20.8. The number of hydrogen-bond donors (Lipinski definition) is 0. The molecule has 420 valence electrons. The van der Waals surface area contributed by atoms with E-state index in [0.717, 1.165) is 141 Å². The van der Waals surface area contributed by atoms with Gasteiger partial charge in [0.25, 0.3) is 0 Å². The van der Waals surface area contributed by atoms with E-state index in [1.807, 2.05) is 0 Å². The maximum atomic E-state index is 12.8. The molecule has 0 bridgehead atoms. The number of allylic oxidation sites excluding steroid dienone is 20. The van der Waals surface area contributed by atoms with E-state index in [2.05, 4.69) is 142 Å². The average Bonchev–Trinajstić information content (AvgIpc) is 3.40. The van der Waals surface area contributed by atoms with Gasteiger partial charge in [0.1, 0.15) is 13.2 Å². The Bertz CT molecular complexity index is 1550. The zero-order valence-electron chi connectivity index (χ0n) is 48.1. The molecule has 0 amide bonds. The van der Waals surface area contributed by atoms with Crippen LogP contribution in [0.3, 0.4) is 0 Å². The van der Waals surface area contributed by atoms with Crippen LogP contribution >= 0.6 is 0 Å². The van der Waals surface area contributed by atoms with Gasteiger partial charge >= 0.3 is 17.9 Å². The summed E-state index contributed by atoms with van der Waals surface area (Å²) < 4.78 is 16.8. The first-order valence-corrected chi connectivity index (χ1v) is 30.5. The standard InChI is InChI=1S/C68H112O6/c1-4-7-10-13-16-18-20-22-24-26-28-30-31-32-33-34-35-36-37-39-40-42-44-46-48-50-52-55-58-61-67(70)73-64-65(63-72-66(69)60-57-54-15-12-9-6-3)74-68(71)62-59-56-53-51-49-47-45-43-41-38-29-27-25-23-21-19-17-14-11-8-5-2/h7-8,10-11,16-19,22-25,28-30,32-33,38,43,45,65H,4-6,9,12-15,20-21,26-27,31,34-37,39-42,44,46-64H2,1-3H3/b10-7-,11-8-,18-16-,19-17-,24-22-,25-23-,30-28-,33-32-,38-29-,45-43-. The molecule has 6 nitrogen and oxygen atoms in total. The monoisotopic (exact) mass is 1020 g/mol. The summed E-state index contributed by atoms with van der Waals surface area (Å²) in [5.74, 6) is -0.916. The Kier molecular flexibility index (Phi) is 57.9. The molecule has 0 aliphatic heterocycles. The zero-order chi connectivity index (χ0) is 53.6. The molecule has 0 rings (SSSR count). The fourth-order valence-corrected chi connectivity index (χ4v) is 8.20. The third-order valence-corrected chi connectivity index (χ3v) is 12.7. The normalized spacial score (nSPS) is 13.0. The second-order valence-electron chi connectivity index (χ2n) is 19.9. The van der Waals surface area contributed by atoms with E-state index in [0.29, 0.717) is 19.3 Å².